The van der Waals surface area contributed by atoms with Gasteiger partial charge in [-0.25, -0.2) is 9.18 Å². The van der Waals surface area contributed by atoms with E-state index >= 15 is 0 Å². The molecular weight excluding hydrogens is 397 g/mol. The minimum atomic E-state index is -0.549. The summed E-state index contributed by atoms with van der Waals surface area (Å²) < 4.78 is 20.0. The summed E-state index contributed by atoms with van der Waals surface area (Å²) in [6.07, 6.45) is 2.55. The number of anilines is 1. The van der Waals surface area contributed by atoms with Gasteiger partial charge in [-0.05, 0) is 81.2 Å². The average Bonchev–Trinajstić information content (AvgIpc) is 2.66. The van der Waals surface area contributed by atoms with Crippen LogP contribution in [0.15, 0.2) is 35.2 Å². The monoisotopic (exact) mass is 421 g/mol. The van der Waals surface area contributed by atoms with Crippen molar-refractivity contribution in [1.29, 1.82) is 0 Å². The maximum atomic E-state index is 14.5. The SMILES string of the molecule is CC(C)(C)OC(=O)c1ccc2c(c1)NCc1ccc(Cl)c(F)c1CCCCS2. The first-order valence-electron chi connectivity index (χ1n) is 9.44. The van der Waals surface area contributed by atoms with Crippen LogP contribution in [0.1, 0.15) is 55.1 Å². The van der Waals surface area contributed by atoms with E-state index in [-0.39, 0.29) is 16.8 Å². The summed E-state index contributed by atoms with van der Waals surface area (Å²) in [5, 5.41) is 3.55. The number of carbonyl (C=O) groups excluding carboxylic acids is 1. The summed E-state index contributed by atoms with van der Waals surface area (Å²) in [7, 11) is 0. The number of benzene rings is 2. The first-order valence-corrected chi connectivity index (χ1v) is 10.8. The van der Waals surface area contributed by atoms with Crippen LogP contribution in [-0.4, -0.2) is 17.3 Å². The summed E-state index contributed by atoms with van der Waals surface area (Å²) in [4.78, 5) is 13.5. The van der Waals surface area contributed by atoms with Crippen LogP contribution in [-0.2, 0) is 17.7 Å². The summed E-state index contributed by atoms with van der Waals surface area (Å²) in [6.45, 7) is 6.01. The molecule has 0 amide bonds. The molecule has 3 nitrogen and oxygen atoms in total. The molecule has 0 saturated heterocycles. The van der Waals surface area contributed by atoms with E-state index in [2.05, 4.69) is 5.32 Å². The molecule has 1 aliphatic heterocycles. The molecule has 1 heterocycles. The molecule has 0 fully saturated rings. The van der Waals surface area contributed by atoms with E-state index in [1.165, 1.54) is 0 Å². The Balaban J connectivity index is 1.91. The number of carbonyl (C=O) groups is 1. The maximum Gasteiger partial charge on any atom is 0.338 e. The quantitative estimate of drug-likeness (QED) is 0.535. The van der Waals surface area contributed by atoms with E-state index in [1.807, 2.05) is 39.0 Å². The van der Waals surface area contributed by atoms with Crippen molar-refractivity contribution >= 4 is 35.0 Å². The van der Waals surface area contributed by atoms with Crippen LogP contribution in [0.5, 0.6) is 0 Å². The molecule has 2 aromatic carbocycles. The van der Waals surface area contributed by atoms with Gasteiger partial charge in [-0.2, -0.15) is 0 Å². The zero-order valence-electron chi connectivity index (χ0n) is 16.4. The Kier molecular flexibility index (Phi) is 6.56. The Morgan fingerprint density at radius 1 is 1.21 bits per heavy atom. The van der Waals surface area contributed by atoms with Crippen molar-refractivity contribution in [1.82, 2.24) is 0 Å². The topological polar surface area (TPSA) is 38.3 Å². The molecule has 0 saturated carbocycles. The molecule has 0 aliphatic carbocycles. The molecule has 3 rings (SSSR count). The number of ether oxygens (including phenoxy) is 1. The predicted octanol–water partition coefficient (Wildman–Crippen LogP) is 6.47. The molecule has 1 aliphatic rings. The molecule has 0 atom stereocenters. The van der Waals surface area contributed by atoms with Crippen LogP contribution in [0, 0.1) is 5.82 Å². The van der Waals surface area contributed by atoms with E-state index in [0.717, 1.165) is 34.7 Å². The fourth-order valence-electron chi connectivity index (χ4n) is 3.10. The lowest BCUT2D eigenvalue weighted by Crippen LogP contribution is -2.24. The second-order valence-corrected chi connectivity index (χ2v) is 9.41. The molecule has 0 spiro atoms. The number of hydrogen-bond donors (Lipinski definition) is 1. The van der Waals surface area contributed by atoms with Crippen LogP contribution < -0.4 is 5.32 Å². The molecule has 6 heteroatoms. The average molecular weight is 422 g/mol. The number of hydrogen-bond acceptors (Lipinski definition) is 4. The van der Waals surface area contributed by atoms with Crippen LogP contribution in [0.25, 0.3) is 0 Å². The number of rotatable bonds is 1. The fraction of sp³-hybridized carbons (Fsp3) is 0.409. The number of esters is 1. The number of fused-ring (bicyclic) bond motifs is 2. The minimum Gasteiger partial charge on any atom is -0.456 e. The lowest BCUT2D eigenvalue weighted by molar-refractivity contribution is 0.00695. The van der Waals surface area contributed by atoms with Gasteiger partial charge in [0.15, 0.2) is 0 Å². The molecule has 0 bridgehead atoms. The zero-order chi connectivity index (χ0) is 20.3. The first-order chi connectivity index (χ1) is 13.2. The van der Waals surface area contributed by atoms with Crippen molar-refractivity contribution in [2.75, 3.05) is 11.1 Å². The smallest absolute Gasteiger partial charge is 0.338 e. The van der Waals surface area contributed by atoms with Gasteiger partial charge in [0.25, 0.3) is 0 Å². The van der Waals surface area contributed by atoms with Gasteiger partial charge in [0, 0.05) is 17.1 Å². The van der Waals surface area contributed by atoms with Crippen molar-refractivity contribution in [3.63, 3.8) is 0 Å². The van der Waals surface area contributed by atoms with Crippen molar-refractivity contribution < 1.29 is 13.9 Å². The third kappa shape index (κ3) is 5.21. The molecule has 0 radical (unpaired) electrons. The lowest BCUT2D eigenvalue weighted by Gasteiger charge is -2.20. The van der Waals surface area contributed by atoms with Gasteiger partial charge in [0.2, 0.25) is 0 Å². The highest BCUT2D eigenvalue weighted by molar-refractivity contribution is 7.99. The van der Waals surface area contributed by atoms with E-state index in [1.54, 1.807) is 23.9 Å². The van der Waals surface area contributed by atoms with Crippen LogP contribution in [0.3, 0.4) is 0 Å². The van der Waals surface area contributed by atoms with Crippen molar-refractivity contribution in [2.45, 2.75) is 57.1 Å². The largest absolute Gasteiger partial charge is 0.456 e. The van der Waals surface area contributed by atoms with Gasteiger partial charge in [-0.3, -0.25) is 0 Å². The number of nitrogens with one attached hydrogen (secondary N) is 1. The normalized spacial score (nSPS) is 14.9. The molecule has 2 aromatic rings. The summed E-state index contributed by atoms with van der Waals surface area (Å²) in [5.74, 6) is 0.253. The van der Waals surface area contributed by atoms with E-state index in [0.29, 0.717) is 24.1 Å². The molecule has 0 unspecified atom stereocenters. The van der Waals surface area contributed by atoms with E-state index < -0.39 is 5.60 Å². The van der Waals surface area contributed by atoms with E-state index in [9.17, 15) is 9.18 Å². The van der Waals surface area contributed by atoms with Gasteiger partial charge in [0.1, 0.15) is 11.4 Å². The summed E-state index contributed by atoms with van der Waals surface area (Å²) in [5.41, 5.74) is 2.38. The second-order valence-electron chi connectivity index (χ2n) is 7.87. The highest BCUT2D eigenvalue weighted by Crippen LogP contribution is 2.32. The van der Waals surface area contributed by atoms with Gasteiger partial charge in [-0.1, -0.05) is 17.7 Å². The fourth-order valence-corrected chi connectivity index (χ4v) is 4.30. The standard InChI is InChI=1S/C22H25ClFNO2S/c1-22(2,3)27-21(26)14-8-10-19-18(12-14)25-13-15-7-9-17(23)20(24)16(15)6-4-5-11-28-19/h7-10,12,25H,4-6,11,13H2,1-3H3. The van der Waals surface area contributed by atoms with Gasteiger partial charge in [-0.15, -0.1) is 11.8 Å². The Morgan fingerprint density at radius 3 is 2.75 bits per heavy atom. The number of thioether (sulfide) groups is 1. The predicted molar refractivity (Wildman–Crippen MR) is 114 cm³/mol. The van der Waals surface area contributed by atoms with Crippen LogP contribution in [0.4, 0.5) is 10.1 Å². The Labute approximate surface area is 175 Å². The lowest BCUT2D eigenvalue weighted by atomic mass is 10.0. The summed E-state index contributed by atoms with van der Waals surface area (Å²) in [6, 6.07) is 9.04. The third-order valence-corrected chi connectivity index (χ3v) is 5.91. The van der Waals surface area contributed by atoms with E-state index in [4.69, 9.17) is 16.3 Å². The maximum absolute atomic E-state index is 14.5. The van der Waals surface area contributed by atoms with Crippen molar-refractivity contribution in [3.05, 3.63) is 57.9 Å². The Bertz CT molecular complexity index is 880. The summed E-state index contributed by atoms with van der Waals surface area (Å²) >= 11 is 7.72. The first kappa shape index (κ1) is 21.0. The van der Waals surface area contributed by atoms with Crippen molar-refractivity contribution in [2.24, 2.45) is 0 Å². The Hall–Kier alpha value is -1.72. The van der Waals surface area contributed by atoms with Crippen LogP contribution >= 0.6 is 23.4 Å². The second kappa shape index (κ2) is 8.75. The molecule has 1 N–H and O–H groups in total. The zero-order valence-corrected chi connectivity index (χ0v) is 18.0. The molecular formula is C22H25ClFNO2S. The van der Waals surface area contributed by atoms with Gasteiger partial charge >= 0.3 is 5.97 Å². The number of halogens is 2. The van der Waals surface area contributed by atoms with Crippen LogP contribution in [0.2, 0.25) is 5.02 Å². The van der Waals surface area contributed by atoms with Gasteiger partial charge < -0.3 is 10.1 Å². The highest BCUT2D eigenvalue weighted by Gasteiger charge is 2.20. The molecule has 150 valence electrons. The minimum absolute atomic E-state index is 0.163. The third-order valence-electron chi connectivity index (χ3n) is 4.46. The highest BCUT2D eigenvalue weighted by atomic mass is 35.5. The molecule has 28 heavy (non-hydrogen) atoms. The van der Waals surface area contributed by atoms with Crippen molar-refractivity contribution in [3.8, 4) is 0 Å². The molecule has 0 aromatic heterocycles. The Morgan fingerprint density at radius 2 is 2.00 bits per heavy atom. The van der Waals surface area contributed by atoms with Gasteiger partial charge in [0.05, 0.1) is 10.6 Å².